The molecule has 0 saturated carbocycles. The van der Waals surface area contributed by atoms with E-state index in [0.29, 0.717) is 31.0 Å². The van der Waals surface area contributed by atoms with Gasteiger partial charge in [0.25, 0.3) is 5.69 Å². The molecule has 1 aliphatic rings. The number of rotatable bonds is 7. The van der Waals surface area contributed by atoms with Crippen molar-refractivity contribution < 1.29 is 23.9 Å². The van der Waals surface area contributed by atoms with E-state index in [1.54, 1.807) is 6.92 Å². The van der Waals surface area contributed by atoms with Gasteiger partial charge < -0.3 is 14.2 Å². The minimum atomic E-state index is -0.562. The van der Waals surface area contributed by atoms with E-state index in [1.807, 2.05) is 0 Å². The predicted molar refractivity (Wildman–Crippen MR) is 86.2 cm³/mol. The first-order valence-electron chi connectivity index (χ1n) is 7.96. The van der Waals surface area contributed by atoms with Crippen LogP contribution in [0.15, 0.2) is 35.8 Å². The van der Waals surface area contributed by atoms with E-state index in [0.717, 1.165) is 12.8 Å². The summed E-state index contributed by atoms with van der Waals surface area (Å²) in [7, 11) is 0. The fourth-order valence-corrected chi connectivity index (χ4v) is 2.24. The largest absolute Gasteiger partial charge is 0.466 e. The second-order valence-corrected chi connectivity index (χ2v) is 5.48. The maximum Gasteiger partial charge on any atom is 0.343 e. The van der Waals surface area contributed by atoms with E-state index in [9.17, 15) is 14.9 Å². The Labute approximate surface area is 140 Å². The van der Waals surface area contributed by atoms with Crippen molar-refractivity contribution in [3.8, 4) is 0 Å². The number of esters is 1. The molecule has 0 bridgehead atoms. The van der Waals surface area contributed by atoms with Crippen LogP contribution < -0.4 is 0 Å². The highest BCUT2D eigenvalue weighted by Gasteiger charge is 2.23. The average Bonchev–Trinajstić information content (AvgIpc) is 2.57. The second kappa shape index (κ2) is 8.44. The van der Waals surface area contributed by atoms with Crippen molar-refractivity contribution in [2.45, 2.75) is 45.8 Å². The smallest absolute Gasteiger partial charge is 0.343 e. The molecule has 0 fully saturated rings. The van der Waals surface area contributed by atoms with Gasteiger partial charge in [-0.15, -0.1) is 0 Å². The number of non-ortho nitro benzene ring substituents is 1. The Morgan fingerprint density at radius 3 is 2.67 bits per heavy atom. The highest BCUT2D eigenvalue weighted by molar-refractivity contribution is 5.90. The molecule has 0 radical (unpaired) electrons. The van der Waals surface area contributed by atoms with E-state index in [-0.39, 0.29) is 17.5 Å². The van der Waals surface area contributed by atoms with Gasteiger partial charge in [-0.1, -0.05) is 13.3 Å². The topological polar surface area (TPSA) is 87.9 Å². The van der Waals surface area contributed by atoms with Gasteiger partial charge in [0, 0.05) is 25.0 Å². The van der Waals surface area contributed by atoms with Crippen LogP contribution >= 0.6 is 0 Å². The maximum absolute atomic E-state index is 12.1. The average molecular weight is 335 g/mol. The highest BCUT2D eigenvalue weighted by Crippen LogP contribution is 2.26. The van der Waals surface area contributed by atoms with Gasteiger partial charge in [-0.25, -0.2) is 4.79 Å². The number of unbranched alkanes of at least 4 members (excludes halogenated alkanes) is 1. The van der Waals surface area contributed by atoms with Crippen LogP contribution in [0.1, 0.15) is 49.9 Å². The Balaban J connectivity index is 1.93. The molecule has 2 rings (SSSR count). The molecular formula is C17H21NO6. The molecule has 1 aromatic rings. The van der Waals surface area contributed by atoms with Crippen LogP contribution in [0, 0.1) is 10.1 Å². The van der Waals surface area contributed by atoms with Gasteiger partial charge in [-0.05, 0) is 25.5 Å². The number of hydrogen-bond acceptors (Lipinski definition) is 6. The third-order valence-electron chi connectivity index (χ3n) is 3.64. The van der Waals surface area contributed by atoms with Crippen LogP contribution in [0.4, 0.5) is 5.69 Å². The van der Waals surface area contributed by atoms with Crippen molar-refractivity contribution in [3.63, 3.8) is 0 Å². The van der Waals surface area contributed by atoms with Gasteiger partial charge in [0.05, 0.1) is 17.1 Å². The normalized spacial score (nSPS) is 17.3. The summed E-state index contributed by atoms with van der Waals surface area (Å²) in [6, 6.07) is 5.28. The molecule has 130 valence electrons. The van der Waals surface area contributed by atoms with Crippen LogP contribution in [-0.2, 0) is 14.2 Å². The van der Waals surface area contributed by atoms with E-state index in [2.05, 4.69) is 6.92 Å². The Bertz CT molecular complexity index is 622. The number of ether oxygens (including phenoxy) is 3. The summed E-state index contributed by atoms with van der Waals surface area (Å²) in [6.07, 6.45) is 2.88. The minimum Gasteiger partial charge on any atom is -0.466 e. The summed E-state index contributed by atoms with van der Waals surface area (Å²) >= 11 is 0. The molecule has 0 amide bonds. The number of nitro benzene ring substituents is 1. The number of nitrogens with zero attached hydrogens (tertiary/aromatic N) is 1. The fraction of sp³-hybridized carbons (Fsp3) is 0.471. The van der Waals surface area contributed by atoms with Gasteiger partial charge in [-0.2, -0.15) is 0 Å². The molecule has 0 aromatic heterocycles. The second-order valence-electron chi connectivity index (χ2n) is 5.48. The first kappa shape index (κ1) is 17.9. The van der Waals surface area contributed by atoms with Crippen molar-refractivity contribution in [2.24, 2.45) is 0 Å². The van der Waals surface area contributed by atoms with Crippen molar-refractivity contribution in [1.82, 2.24) is 0 Å². The summed E-state index contributed by atoms with van der Waals surface area (Å²) in [5.41, 5.74) is 0.178. The lowest BCUT2D eigenvalue weighted by molar-refractivity contribution is -0.384. The molecule has 0 N–H and O–H groups in total. The Morgan fingerprint density at radius 1 is 1.38 bits per heavy atom. The summed E-state index contributed by atoms with van der Waals surface area (Å²) < 4.78 is 16.6. The first-order chi connectivity index (χ1) is 11.5. The van der Waals surface area contributed by atoms with Crippen molar-refractivity contribution >= 4 is 11.7 Å². The molecular weight excluding hydrogens is 314 g/mol. The van der Waals surface area contributed by atoms with Gasteiger partial charge in [0.15, 0.2) is 6.29 Å². The number of carbonyl (C=O) groups excluding carboxylic acids is 1. The zero-order chi connectivity index (χ0) is 17.5. The lowest BCUT2D eigenvalue weighted by Gasteiger charge is -2.26. The molecule has 0 aliphatic carbocycles. The van der Waals surface area contributed by atoms with Gasteiger partial charge in [0.2, 0.25) is 0 Å². The Hall–Kier alpha value is -2.41. The van der Waals surface area contributed by atoms with Crippen LogP contribution in [0.5, 0.6) is 0 Å². The summed E-state index contributed by atoms with van der Waals surface area (Å²) in [5.74, 6) is 0.430. The van der Waals surface area contributed by atoms with Crippen LogP contribution in [0.3, 0.4) is 0 Å². The van der Waals surface area contributed by atoms with E-state index >= 15 is 0 Å². The number of nitro groups is 1. The molecule has 1 unspecified atom stereocenters. The quantitative estimate of drug-likeness (QED) is 0.325. The van der Waals surface area contributed by atoms with Crippen molar-refractivity contribution in [1.29, 1.82) is 0 Å². The lowest BCUT2D eigenvalue weighted by Crippen LogP contribution is -2.23. The number of allylic oxidation sites excluding steroid dienone is 2. The third kappa shape index (κ3) is 4.79. The standard InChI is InChI=1S/C17H21NO6/c1-3-4-11-22-16-10-9-15(12(2)23-16)24-17(19)13-5-7-14(8-6-13)18(20)21/h5-8,16H,3-4,9-11H2,1-2H3. The van der Waals surface area contributed by atoms with E-state index in [1.165, 1.54) is 24.3 Å². The van der Waals surface area contributed by atoms with Crippen molar-refractivity contribution in [3.05, 3.63) is 51.5 Å². The highest BCUT2D eigenvalue weighted by atomic mass is 16.7. The third-order valence-corrected chi connectivity index (χ3v) is 3.64. The van der Waals surface area contributed by atoms with Crippen LogP contribution in [0.2, 0.25) is 0 Å². The molecule has 0 spiro atoms. The van der Waals surface area contributed by atoms with Gasteiger partial charge in [0.1, 0.15) is 11.5 Å². The number of carbonyl (C=O) groups is 1. The summed E-state index contributed by atoms with van der Waals surface area (Å²) in [4.78, 5) is 22.2. The van der Waals surface area contributed by atoms with Crippen molar-refractivity contribution in [2.75, 3.05) is 6.61 Å². The summed E-state index contributed by atoms with van der Waals surface area (Å²) in [5, 5.41) is 10.6. The predicted octanol–water partition coefficient (Wildman–Crippen LogP) is 3.94. The van der Waals surface area contributed by atoms with Gasteiger partial charge >= 0.3 is 5.97 Å². The Kier molecular flexibility index (Phi) is 6.31. The lowest BCUT2D eigenvalue weighted by atomic mass is 10.2. The number of hydrogen-bond donors (Lipinski definition) is 0. The SMILES string of the molecule is CCCCOC1CCC(OC(=O)c2ccc([N+](=O)[O-])cc2)=C(C)O1. The molecule has 1 aromatic carbocycles. The van der Waals surface area contributed by atoms with E-state index in [4.69, 9.17) is 14.2 Å². The molecule has 1 atom stereocenters. The first-order valence-corrected chi connectivity index (χ1v) is 7.96. The minimum absolute atomic E-state index is 0.0741. The molecule has 7 nitrogen and oxygen atoms in total. The van der Waals surface area contributed by atoms with Crippen LogP contribution in [-0.4, -0.2) is 23.8 Å². The summed E-state index contributed by atoms with van der Waals surface area (Å²) in [6.45, 7) is 4.46. The van der Waals surface area contributed by atoms with E-state index < -0.39 is 10.9 Å². The maximum atomic E-state index is 12.1. The zero-order valence-electron chi connectivity index (χ0n) is 13.8. The number of benzene rings is 1. The fourth-order valence-electron chi connectivity index (χ4n) is 2.24. The molecule has 7 heteroatoms. The monoisotopic (exact) mass is 335 g/mol. The Morgan fingerprint density at radius 2 is 2.08 bits per heavy atom. The molecule has 1 heterocycles. The molecule has 24 heavy (non-hydrogen) atoms. The van der Waals surface area contributed by atoms with Gasteiger partial charge in [-0.3, -0.25) is 10.1 Å². The van der Waals surface area contributed by atoms with Crippen LogP contribution in [0.25, 0.3) is 0 Å². The molecule has 0 saturated heterocycles. The zero-order valence-corrected chi connectivity index (χ0v) is 13.8. The molecule has 1 aliphatic heterocycles.